The number of aromatic nitrogens is 3. The average Bonchev–Trinajstić information content (AvgIpc) is 3.67. The molecule has 0 radical (unpaired) electrons. The predicted molar refractivity (Wildman–Crippen MR) is 165 cm³/mol. The van der Waals surface area contributed by atoms with E-state index in [1.54, 1.807) is 19.1 Å². The third-order valence-corrected chi connectivity index (χ3v) is 9.06. The molecule has 4 aromatic rings. The molecule has 45 heavy (non-hydrogen) atoms. The average molecular weight is 631 g/mol. The number of halogens is 2. The van der Waals surface area contributed by atoms with Gasteiger partial charge in [0.05, 0.1) is 31.0 Å². The molecule has 10 nitrogen and oxygen atoms in total. The fourth-order valence-electron chi connectivity index (χ4n) is 6.34. The second-order valence-corrected chi connectivity index (χ2v) is 12.1. The zero-order valence-corrected chi connectivity index (χ0v) is 25.1. The van der Waals surface area contributed by atoms with Gasteiger partial charge in [-0.15, -0.1) is 0 Å². The first kappa shape index (κ1) is 31.6. The van der Waals surface area contributed by atoms with E-state index in [0.29, 0.717) is 46.6 Å². The zero-order valence-electron chi connectivity index (χ0n) is 24.4. The molecule has 0 aliphatic carbocycles. The Kier molecular flexibility index (Phi) is 8.76. The number of rotatable bonds is 8. The molecular formula is C32H33ClFLiN4O6. The van der Waals surface area contributed by atoms with Gasteiger partial charge in [-0.2, -0.15) is 0 Å². The van der Waals surface area contributed by atoms with Crippen molar-refractivity contribution in [3.8, 4) is 23.0 Å². The van der Waals surface area contributed by atoms with Crippen LogP contribution in [0.1, 0.15) is 65.4 Å². The normalized spacial score (nSPS) is 21.4. The number of piperidine rings is 1. The molecule has 0 unspecified atom stereocenters. The second kappa shape index (κ2) is 12.5. The van der Waals surface area contributed by atoms with Crippen LogP contribution in [0.2, 0.25) is 5.02 Å². The number of hydrogen-bond donors (Lipinski definition) is 1. The van der Waals surface area contributed by atoms with Gasteiger partial charge >= 0.3 is 30.7 Å². The van der Waals surface area contributed by atoms with Crippen molar-refractivity contribution < 1.29 is 32.9 Å². The minimum absolute atomic E-state index is 0. The van der Waals surface area contributed by atoms with Gasteiger partial charge in [-0.05, 0) is 69.5 Å². The number of para-hydroxylation sites is 1. The number of aromatic carboxylic acids is 1. The van der Waals surface area contributed by atoms with Crippen molar-refractivity contribution in [2.45, 2.75) is 64.0 Å². The van der Waals surface area contributed by atoms with Crippen LogP contribution in [0.25, 0.3) is 11.5 Å². The van der Waals surface area contributed by atoms with Crippen LogP contribution in [0, 0.1) is 12.7 Å². The number of imidazole rings is 1. The van der Waals surface area contributed by atoms with Crippen LogP contribution in [0.4, 0.5) is 4.39 Å². The molecule has 2 aromatic heterocycles. The Morgan fingerprint density at radius 1 is 1.18 bits per heavy atom. The Morgan fingerprint density at radius 2 is 1.96 bits per heavy atom. The van der Waals surface area contributed by atoms with Crippen LogP contribution < -0.4 is 9.47 Å². The molecule has 3 aliphatic rings. The van der Waals surface area contributed by atoms with Gasteiger partial charge < -0.3 is 28.3 Å². The fraction of sp³-hybridized carbons (Fsp3) is 0.406. The molecule has 0 amide bonds. The van der Waals surface area contributed by atoms with E-state index >= 15 is 0 Å². The number of ether oxygens (including phenoxy) is 3. The monoisotopic (exact) mass is 630 g/mol. The van der Waals surface area contributed by atoms with Crippen molar-refractivity contribution in [2.75, 3.05) is 19.7 Å². The SMILES string of the molecule is Cc1c(-c2cnc(C(=O)O)o2)nc(CN2CCC(c3cccc4c3O[C@@](C)(c3ccc(Cl)cc3F)O4)CC2)n1C[C@@H]1CCO1.[LiH]. The fourth-order valence-corrected chi connectivity index (χ4v) is 6.50. The van der Waals surface area contributed by atoms with E-state index in [0.717, 1.165) is 56.0 Å². The first-order chi connectivity index (χ1) is 21.2. The van der Waals surface area contributed by atoms with Gasteiger partial charge in [0.15, 0.2) is 17.3 Å². The first-order valence-electron chi connectivity index (χ1n) is 14.7. The van der Waals surface area contributed by atoms with Crippen LogP contribution in [-0.4, -0.2) is 75.2 Å². The number of benzene rings is 2. The number of hydrogen-bond acceptors (Lipinski definition) is 8. The molecule has 3 aliphatic heterocycles. The van der Waals surface area contributed by atoms with Gasteiger partial charge in [-0.1, -0.05) is 23.7 Å². The Morgan fingerprint density at radius 3 is 2.62 bits per heavy atom. The number of carboxylic acid groups (broad SMARTS) is 1. The minimum atomic E-state index is -1.29. The summed E-state index contributed by atoms with van der Waals surface area (Å²) in [7, 11) is 0. The van der Waals surface area contributed by atoms with E-state index < -0.39 is 17.6 Å². The topological polar surface area (TPSA) is 112 Å². The summed E-state index contributed by atoms with van der Waals surface area (Å²) < 4.78 is 40.7. The molecule has 2 aromatic carbocycles. The van der Waals surface area contributed by atoms with E-state index in [9.17, 15) is 14.3 Å². The van der Waals surface area contributed by atoms with E-state index in [4.69, 9.17) is 35.2 Å². The van der Waals surface area contributed by atoms with Crippen molar-refractivity contribution in [3.05, 3.63) is 82.0 Å². The van der Waals surface area contributed by atoms with Gasteiger partial charge in [0.25, 0.3) is 5.79 Å². The molecule has 5 heterocycles. The van der Waals surface area contributed by atoms with E-state index in [2.05, 4.69) is 20.5 Å². The molecule has 2 fully saturated rings. The maximum atomic E-state index is 14.8. The predicted octanol–water partition coefficient (Wildman–Crippen LogP) is 5.50. The standard InChI is InChI=1S/C32H32ClFN4O6.Li.H/c1-18-28(26-15-35-30(42-26)31(39)40)36-27(38(18)16-21-10-13-41-21)17-37-11-8-19(9-12-37)22-4-3-5-25-29(22)44-32(2,43-25)23-7-6-20(33)14-24(23)34;;/h3-7,14-15,19,21H,8-13,16-17H2,1-2H3,(H,39,40);;/t21-,32-;;/m0../s1. The van der Waals surface area contributed by atoms with Gasteiger partial charge in [0.1, 0.15) is 17.3 Å². The Hall–Kier alpha value is -3.33. The summed E-state index contributed by atoms with van der Waals surface area (Å²) >= 11 is 5.97. The number of carboxylic acids is 1. The quantitative estimate of drug-likeness (QED) is 0.252. The van der Waals surface area contributed by atoms with Crippen LogP contribution >= 0.6 is 11.6 Å². The third kappa shape index (κ3) is 6.00. The molecular weight excluding hydrogens is 598 g/mol. The van der Waals surface area contributed by atoms with Crippen molar-refractivity contribution in [1.82, 2.24) is 19.4 Å². The summed E-state index contributed by atoms with van der Waals surface area (Å²) in [6, 6.07) is 10.4. The maximum absolute atomic E-state index is 14.8. The second-order valence-electron chi connectivity index (χ2n) is 11.7. The van der Waals surface area contributed by atoms with E-state index in [1.807, 2.05) is 19.1 Å². The molecule has 0 saturated carbocycles. The molecule has 232 valence electrons. The van der Waals surface area contributed by atoms with Crippen LogP contribution in [-0.2, 0) is 23.6 Å². The number of likely N-dealkylation sites (tertiary alicyclic amines) is 1. The van der Waals surface area contributed by atoms with Crippen LogP contribution in [0.5, 0.6) is 11.5 Å². The van der Waals surface area contributed by atoms with Gasteiger partial charge in [0.2, 0.25) is 0 Å². The molecule has 0 bridgehead atoms. The molecule has 7 rings (SSSR count). The van der Waals surface area contributed by atoms with E-state index in [-0.39, 0.29) is 36.8 Å². The summed E-state index contributed by atoms with van der Waals surface area (Å²) in [5.41, 5.74) is 2.82. The van der Waals surface area contributed by atoms with Crippen molar-refractivity contribution in [1.29, 1.82) is 0 Å². The Labute approximate surface area is 276 Å². The van der Waals surface area contributed by atoms with Gasteiger partial charge in [-0.3, -0.25) is 4.90 Å². The molecule has 13 heteroatoms. The Bertz CT molecular complexity index is 1730. The zero-order chi connectivity index (χ0) is 30.6. The Balaban J connectivity index is 0.00000357. The van der Waals surface area contributed by atoms with Gasteiger partial charge in [0, 0.05) is 29.8 Å². The summed E-state index contributed by atoms with van der Waals surface area (Å²) in [6.07, 6.45) is 4.32. The van der Waals surface area contributed by atoms with Crippen molar-refractivity contribution in [2.24, 2.45) is 0 Å². The van der Waals surface area contributed by atoms with Crippen molar-refractivity contribution >= 4 is 36.4 Å². The summed E-state index contributed by atoms with van der Waals surface area (Å²) in [4.78, 5) is 22.5. The molecule has 0 spiro atoms. The van der Waals surface area contributed by atoms with Crippen LogP contribution in [0.3, 0.4) is 0 Å². The van der Waals surface area contributed by atoms with E-state index in [1.165, 1.54) is 12.3 Å². The summed E-state index contributed by atoms with van der Waals surface area (Å²) in [5, 5.41) is 9.58. The number of nitrogens with zero attached hydrogens (tertiary/aromatic N) is 4. The number of oxazole rings is 1. The van der Waals surface area contributed by atoms with Gasteiger partial charge in [-0.25, -0.2) is 19.2 Å². The third-order valence-electron chi connectivity index (χ3n) is 8.83. The summed E-state index contributed by atoms with van der Waals surface area (Å²) in [6.45, 7) is 7.41. The number of carbonyl (C=O) groups is 1. The molecule has 2 atom stereocenters. The number of fused-ring (bicyclic) bond motifs is 1. The van der Waals surface area contributed by atoms with Crippen LogP contribution in [0.15, 0.2) is 47.0 Å². The van der Waals surface area contributed by atoms with Crippen molar-refractivity contribution in [3.63, 3.8) is 0 Å². The molecule has 1 N–H and O–H groups in total. The molecule has 2 saturated heterocycles. The first-order valence-corrected chi connectivity index (χ1v) is 15.1. The summed E-state index contributed by atoms with van der Waals surface area (Å²) in [5.74, 6) is -0.645.